The van der Waals surface area contributed by atoms with Crippen LogP contribution >= 0.6 is 23.2 Å². The number of carbonyl (C=O) groups excluding carboxylic acids is 3. The molecule has 2 unspecified atom stereocenters. The van der Waals surface area contributed by atoms with Crippen molar-refractivity contribution in [1.82, 2.24) is 14.7 Å². The number of piperazine rings is 1. The Hall–Kier alpha value is -2.45. The van der Waals surface area contributed by atoms with Gasteiger partial charge in [-0.25, -0.2) is 9.59 Å². The predicted octanol–water partition coefficient (Wildman–Crippen LogP) is 6.04. The van der Waals surface area contributed by atoms with Gasteiger partial charge in [-0.05, 0) is 72.4 Å². The molecule has 0 aromatic heterocycles. The summed E-state index contributed by atoms with van der Waals surface area (Å²) >= 11 is 12.8. The topological polar surface area (TPSA) is 79.4 Å². The van der Waals surface area contributed by atoms with Crippen molar-refractivity contribution in [3.8, 4) is 0 Å². The average Bonchev–Trinajstić information content (AvgIpc) is 3.61. The molecule has 4 rings (SSSR count). The van der Waals surface area contributed by atoms with Crippen molar-refractivity contribution >= 4 is 41.3 Å². The van der Waals surface area contributed by atoms with Gasteiger partial charge in [0.05, 0.1) is 22.6 Å². The Morgan fingerprint density at radius 1 is 1.03 bits per heavy atom. The third-order valence-corrected chi connectivity index (χ3v) is 7.59. The van der Waals surface area contributed by atoms with Gasteiger partial charge in [0.1, 0.15) is 16.7 Å². The maximum atomic E-state index is 14.6. The minimum absolute atomic E-state index is 0.00662. The second-order valence-corrected chi connectivity index (χ2v) is 13.1. The molecule has 0 spiro atoms. The highest BCUT2D eigenvalue weighted by molar-refractivity contribution is 6.42. The Morgan fingerprint density at radius 2 is 1.66 bits per heavy atom. The number of hydrogen-bond donors (Lipinski definition) is 0. The lowest BCUT2D eigenvalue weighted by molar-refractivity contribution is -0.153. The monoisotopic (exact) mass is 565 g/mol. The number of fused-ring (bicyclic) bond motifs is 2. The Balaban J connectivity index is 1.74. The number of nitrogens with zero attached hydrogens (tertiary/aromatic N) is 3. The van der Waals surface area contributed by atoms with Gasteiger partial charge in [0.2, 0.25) is 0 Å². The number of halogens is 2. The van der Waals surface area contributed by atoms with Gasteiger partial charge < -0.3 is 19.3 Å². The lowest BCUT2D eigenvalue weighted by Gasteiger charge is -2.55. The Kier molecular flexibility index (Phi) is 7.71. The SMILES string of the molecule is CC(C)(C)OC(=O)N1CC2C=CCC(C(=O)N(Cc3cccc(Cl)c3Cl)C3CC3)(C1)N2C(=O)OC(C)(C)C. The van der Waals surface area contributed by atoms with Gasteiger partial charge in [-0.15, -0.1) is 0 Å². The van der Waals surface area contributed by atoms with Gasteiger partial charge >= 0.3 is 12.2 Å². The Labute approximate surface area is 234 Å². The zero-order chi connectivity index (χ0) is 28.0. The number of hydrogen-bond acceptors (Lipinski definition) is 5. The maximum absolute atomic E-state index is 14.6. The van der Waals surface area contributed by atoms with E-state index in [1.54, 1.807) is 58.6 Å². The van der Waals surface area contributed by atoms with Crippen LogP contribution in [0, 0.1) is 0 Å². The molecule has 1 aromatic rings. The lowest BCUT2D eigenvalue weighted by atomic mass is 9.82. The van der Waals surface area contributed by atoms with Crippen molar-refractivity contribution in [3.05, 3.63) is 46.0 Å². The second-order valence-electron chi connectivity index (χ2n) is 12.3. The molecule has 1 aromatic carbocycles. The van der Waals surface area contributed by atoms with E-state index in [1.807, 2.05) is 18.2 Å². The van der Waals surface area contributed by atoms with Crippen LogP contribution < -0.4 is 0 Å². The van der Waals surface area contributed by atoms with Crippen molar-refractivity contribution in [2.24, 2.45) is 0 Å². The van der Waals surface area contributed by atoms with Crippen LogP contribution in [0.5, 0.6) is 0 Å². The van der Waals surface area contributed by atoms with E-state index in [-0.39, 0.29) is 38.0 Å². The van der Waals surface area contributed by atoms with E-state index in [9.17, 15) is 14.4 Å². The smallest absolute Gasteiger partial charge is 0.411 e. The summed E-state index contributed by atoms with van der Waals surface area (Å²) in [5.74, 6) is -0.246. The van der Waals surface area contributed by atoms with Crippen LogP contribution in [0.1, 0.15) is 66.4 Å². The number of benzene rings is 1. The molecule has 2 fully saturated rings. The lowest BCUT2D eigenvalue weighted by Crippen LogP contribution is -2.75. The van der Waals surface area contributed by atoms with Gasteiger partial charge in [0.15, 0.2) is 0 Å². The molecule has 0 radical (unpaired) electrons. The van der Waals surface area contributed by atoms with E-state index in [1.165, 1.54) is 9.80 Å². The fraction of sp³-hybridized carbons (Fsp3) is 0.607. The Morgan fingerprint density at radius 3 is 2.26 bits per heavy atom. The summed E-state index contributed by atoms with van der Waals surface area (Å²) in [6, 6.07) is 4.82. The standard InChI is InChI=1S/C28H37Cl2N3O5/c1-26(2,3)37-24(35)31-16-20-10-8-14-28(17-31,33(20)25(36)38-27(4,5)6)23(34)32(19-12-13-19)15-18-9-7-11-21(29)22(18)30/h7-11,19-20H,12-17H2,1-6H3. The molecular formula is C28H37Cl2N3O5. The molecule has 2 bridgehead atoms. The molecule has 3 aliphatic rings. The minimum Gasteiger partial charge on any atom is -0.444 e. The number of carbonyl (C=O) groups is 3. The van der Waals surface area contributed by atoms with Crippen LogP contribution in [0.2, 0.25) is 10.0 Å². The molecule has 3 amide bonds. The summed E-state index contributed by atoms with van der Waals surface area (Å²) in [5.41, 5.74) is -2.09. The normalized spacial score (nSPS) is 23.2. The number of ether oxygens (including phenoxy) is 2. The highest BCUT2D eigenvalue weighted by atomic mass is 35.5. The van der Waals surface area contributed by atoms with E-state index < -0.39 is 35.0 Å². The zero-order valence-electron chi connectivity index (χ0n) is 22.9. The van der Waals surface area contributed by atoms with Crippen molar-refractivity contribution in [2.45, 2.75) is 96.2 Å². The van der Waals surface area contributed by atoms with Crippen LogP contribution in [-0.4, -0.2) is 74.7 Å². The second kappa shape index (κ2) is 10.3. The molecule has 10 heteroatoms. The molecule has 2 aliphatic heterocycles. The first kappa shape index (κ1) is 28.6. The van der Waals surface area contributed by atoms with Crippen molar-refractivity contribution in [2.75, 3.05) is 13.1 Å². The molecule has 2 heterocycles. The van der Waals surface area contributed by atoms with Crippen molar-refractivity contribution in [1.29, 1.82) is 0 Å². The number of rotatable bonds is 4. The average molecular weight is 567 g/mol. The van der Waals surface area contributed by atoms with Gasteiger partial charge in [0, 0.05) is 19.1 Å². The van der Waals surface area contributed by atoms with Crippen LogP contribution in [0.4, 0.5) is 9.59 Å². The van der Waals surface area contributed by atoms with Gasteiger partial charge in [-0.1, -0.05) is 47.5 Å². The summed E-state index contributed by atoms with van der Waals surface area (Å²) in [6.45, 7) is 11.2. The highest BCUT2D eigenvalue weighted by Gasteiger charge is 2.58. The van der Waals surface area contributed by atoms with Crippen LogP contribution in [0.15, 0.2) is 30.4 Å². The predicted molar refractivity (Wildman–Crippen MR) is 146 cm³/mol. The molecule has 8 nitrogen and oxygen atoms in total. The third-order valence-electron chi connectivity index (χ3n) is 6.73. The van der Waals surface area contributed by atoms with Crippen molar-refractivity contribution < 1.29 is 23.9 Å². The van der Waals surface area contributed by atoms with E-state index in [2.05, 4.69) is 0 Å². The first-order valence-electron chi connectivity index (χ1n) is 13.0. The molecule has 1 aliphatic carbocycles. The highest BCUT2D eigenvalue weighted by Crippen LogP contribution is 2.41. The molecule has 1 saturated carbocycles. The summed E-state index contributed by atoms with van der Waals surface area (Å²) in [6.07, 6.45) is 4.63. The van der Waals surface area contributed by atoms with Crippen molar-refractivity contribution in [3.63, 3.8) is 0 Å². The van der Waals surface area contributed by atoms with Crippen LogP contribution in [0.25, 0.3) is 0 Å². The van der Waals surface area contributed by atoms with Gasteiger partial charge in [-0.2, -0.15) is 0 Å². The quantitative estimate of drug-likeness (QED) is 0.416. The van der Waals surface area contributed by atoms with E-state index in [0.717, 1.165) is 18.4 Å². The van der Waals surface area contributed by atoms with Crippen LogP contribution in [-0.2, 0) is 20.8 Å². The zero-order valence-corrected chi connectivity index (χ0v) is 24.4. The summed E-state index contributed by atoms with van der Waals surface area (Å²) in [5, 5.41) is 0.810. The van der Waals surface area contributed by atoms with E-state index >= 15 is 0 Å². The maximum Gasteiger partial charge on any atom is 0.411 e. The molecular weight excluding hydrogens is 529 g/mol. The summed E-state index contributed by atoms with van der Waals surface area (Å²) < 4.78 is 11.4. The molecule has 208 valence electrons. The first-order chi connectivity index (χ1) is 17.6. The van der Waals surface area contributed by atoms with E-state index in [0.29, 0.717) is 10.0 Å². The number of amides is 3. The molecule has 38 heavy (non-hydrogen) atoms. The molecule has 0 N–H and O–H groups in total. The fourth-order valence-electron chi connectivity index (χ4n) is 5.03. The molecule has 1 saturated heterocycles. The Bertz CT molecular complexity index is 1140. The molecule has 2 atom stereocenters. The van der Waals surface area contributed by atoms with Gasteiger partial charge in [-0.3, -0.25) is 9.69 Å². The third kappa shape index (κ3) is 6.07. The summed E-state index contributed by atoms with van der Waals surface area (Å²) in [4.78, 5) is 46.3. The fourth-order valence-corrected chi connectivity index (χ4v) is 5.41. The minimum atomic E-state index is -1.36. The van der Waals surface area contributed by atoms with Gasteiger partial charge in [0.25, 0.3) is 5.91 Å². The largest absolute Gasteiger partial charge is 0.444 e. The first-order valence-corrected chi connectivity index (χ1v) is 13.8. The van der Waals surface area contributed by atoms with E-state index in [4.69, 9.17) is 32.7 Å². The summed E-state index contributed by atoms with van der Waals surface area (Å²) in [7, 11) is 0. The van der Waals surface area contributed by atoms with Crippen LogP contribution in [0.3, 0.4) is 0 Å².